The lowest BCUT2D eigenvalue weighted by molar-refractivity contribution is 0.236. The summed E-state index contributed by atoms with van der Waals surface area (Å²) < 4.78 is 7.47. The monoisotopic (exact) mass is 288 g/mol. The third-order valence-corrected chi connectivity index (χ3v) is 2.96. The van der Waals surface area contributed by atoms with Crippen molar-refractivity contribution in [2.24, 2.45) is 0 Å². The topological polar surface area (TPSA) is 68.2 Å². The van der Waals surface area contributed by atoms with Gasteiger partial charge in [-0.25, -0.2) is 9.78 Å². The Morgan fingerprint density at radius 1 is 1.24 bits per heavy atom. The number of nitrogens with one attached hydrogen (secondary N) is 2. The van der Waals surface area contributed by atoms with Crippen LogP contribution in [0.25, 0.3) is 0 Å². The van der Waals surface area contributed by atoms with Crippen LogP contribution in [0, 0.1) is 6.92 Å². The first kappa shape index (κ1) is 14.9. The molecule has 1 aromatic heterocycles. The number of carbonyl (C=O) groups is 1. The second kappa shape index (κ2) is 7.94. The van der Waals surface area contributed by atoms with Crippen LogP contribution in [0.15, 0.2) is 42.7 Å². The van der Waals surface area contributed by atoms with Crippen molar-refractivity contribution in [2.75, 3.05) is 19.7 Å². The van der Waals surface area contributed by atoms with E-state index in [-0.39, 0.29) is 6.03 Å². The molecule has 2 aromatic rings. The Hall–Kier alpha value is -2.50. The number of imidazole rings is 1. The second-order valence-electron chi connectivity index (χ2n) is 4.51. The molecule has 112 valence electrons. The number of aryl methyl sites for hydroxylation is 1. The Bertz CT molecular complexity index is 554. The number of hydrogen-bond donors (Lipinski definition) is 2. The first-order valence-corrected chi connectivity index (χ1v) is 6.93. The lowest BCUT2D eigenvalue weighted by atomic mass is 10.3. The number of carbonyl (C=O) groups excluding carboxylic acids is 1. The Kier molecular flexibility index (Phi) is 5.63. The smallest absolute Gasteiger partial charge is 0.314 e. The zero-order chi connectivity index (χ0) is 14.9. The van der Waals surface area contributed by atoms with Gasteiger partial charge >= 0.3 is 6.03 Å². The maximum atomic E-state index is 11.6. The first-order chi connectivity index (χ1) is 10.3. The average Bonchev–Trinajstić information content (AvgIpc) is 2.90. The van der Waals surface area contributed by atoms with E-state index in [0.717, 1.165) is 11.6 Å². The van der Waals surface area contributed by atoms with E-state index < -0.39 is 0 Å². The fourth-order valence-electron chi connectivity index (χ4n) is 1.84. The molecule has 0 unspecified atom stereocenters. The van der Waals surface area contributed by atoms with Gasteiger partial charge in [-0.3, -0.25) is 0 Å². The molecule has 0 radical (unpaired) electrons. The van der Waals surface area contributed by atoms with Gasteiger partial charge in [0.25, 0.3) is 0 Å². The summed E-state index contributed by atoms with van der Waals surface area (Å²) >= 11 is 0. The molecule has 0 aliphatic rings. The summed E-state index contributed by atoms with van der Waals surface area (Å²) in [5.74, 6) is 1.74. The number of hydrogen-bond acceptors (Lipinski definition) is 3. The van der Waals surface area contributed by atoms with E-state index in [2.05, 4.69) is 15.6 Å². The molecular formula is C15H20N4O2. The summed E-state index contributed by atoms with van der Waals surface area (Å²) in [5.41, 5.74) is 0. The van der Waals surface area contributed by atoms with Crippen LogP contribution in [0.3, 0.4) is 0 Å². The van der Waals surface area contributed by atoms with E-state index in [1.807, 2.05) is 48.0 Å². The fourth-order valence-corrected chi connectivity index (χ4v) is 1.84. The molecule has 2 N–H and O–H groups in total. The number of urea groups is 1. The number of ether oxygens (including phenoxy) is 1. The minimum Gasteiger partial charge on any atom is -0.492 e. The summed E-state index contributed by atoms with van der Waals surface area (Å²) in [6, 6.07) is 9.33. The third-order valence-electron chi connectivity index (χ3n) is 2.96. The molecule has 0 atom stereocenters. The van der Waals surface area contributed by atoms with Gasteiger partial charge in [0.15, 0.2) is 0 Å². The molecule has 0 fully saturated rings. The number of amides is 2. The van der Waals surface area contributed by atoms with Gasteiger partial charge in [-0.05, 0) is 19.1 Å². The van der Waals surface area contributed by atoms with Crippen LogP contribution in [0.2, 0.25) is 0 Å². The Balaban J connectivity index is 1.55. The van der Waals surface area contributed by atoms with Crippen molar-refractivity contribution in [3.05, 3.63) is 48.5 Å². The Morgan fingerprint density at radius 3 is 2.71 bits per heavy atom. The normalized spacial score (nSPS) is 10.1. The van der Waals surface area contributed by atoms with Gasteiger partial charge in [0.05, 0.1) is 6.54 Å². The minimum atomic E-state index is -0.190. The lowest BCUT2D eigenvalue weighted by Crippen LogP contribution is -2.39. The van der Waals surface area contributed by atoms with Crippen molar-refractivity contribution >= 4 is 6.03 Å². The largest absolute Gasteiger partial charge is 0.492 e. The van der Waals surface area contributed by atoms with Crippen molar-refractivity contribution in [3.8, 4) is 5.75 Å². The highest BCUT2D eigenvalue weighted by Gasteiger charge is 2.00. The van der Waals surface area contributed by atoms with Crippen LogP contribution < -0.4 is 15.4 Å². The molecule has 21 heavy (non-hydrogen) atoms. The number of para-hydroxylation sites is 1. The average molecular weight is 288 g/mol. The molecule has 1 heterocycles. The van der Waals surface area contributed by atoms with Gasteiger partial charge in [-0.2, -0.15) is 0 Å². The molecule has 6 nitrogen and oxygen atoms in total. The molecule has 0 aliphatic carbocycles. The zero-order valence-electron chi connectivity index (χ0n) is 12.1. The second-order valence-corrected chi connectivity index (χ2v) is 4.51. The predicted octanol–water partition coefficient (Wildman–Crippen LogP) is 1.57. The van der Waals surface area contributed by atoms with Gasteiger partial charge in [0.1, 0.15) is 18.2 Å². The zero-order valence-corrected chi connectivity index (χ0v) is 12.1. The number of aromatic nitrogens is 2. The highest BCUT2D eigenvalue weighted by molar-refractivity contribution is 5.73. The first-order valence-electron chi connectivity index (χ1n) is 6.93. The SMILES string of the molecule is Cc1nccn1CCNC(=O)NCCOc1ccccc1. The number of rotatable bonds is 7. The van der Waals surface area contributed by atoms with Gasteiger partial charge < -0.3 is 19.9 Å². The molecule has 6 heteroatoms. The maximum absolute atomic E-state index is 11.6. The Morgan fingerprint density at radius 2 is 2.00 bits per heavy atom. The Labute approximate surface area is 124 Å². The summed E-state index contributed by atoms with van der Waals surface area (Å²) in [7, 11) is 0. The summed E-state index contributed by atoms with van der Waals surface area (Å²) in [6.07, 6.45) is 3.64. The van der Waals surface area contributed by atoms with Crippen molar-refractivity contribution in [1.82, 2.24) is 20.2 Å². The van der Waals surface area contributed by atoms with Gasteiger partial charge in [-0.1, -0.05) is 18.2 Å². The molecule has 0 aliphatic heterocycles. The van der Waals surface area contributed by atoms with E-state index in [4.69, 9.17) is 4.74 Å². The van der Waals surface area contributed by atoms with Crippen LogP contribution >= 0.6 is 0 Å². The molecule has 0 saturated carbocycles. The fraction of sp³-hybridized carbons (Fsp3) is 0.333. The van der Waals surface area contributed by atoms with E-state index in [0.29, 0.717) is 26.2 Å². The van der Waals surface area contributed by atoms with Crippen molar-refractivity contribution in [1.29, 1.82) is 0 Å². The van der Waals surface area contributed by atoms with E-state index >= 15 is 0 Å². The molecule has 0 bridgehead atoms. The minimum absolute atomic E-state index is 0.190. The van der Waals surface area contributed by atoms with E-state index in [1.165, 1.54) is 0 Å². The van der Waals surface area contributed by atoms with Crippen LogP contribution in [-0.2, 0) is 6.54 Å². The lowest BCUT2D eigenvalue weighted by Gasteiger charge is -2.09. The molecule has 1 aromatic carbocycles. The molecule has 2 amide bonds. The van der Waals surface area contributed by atoms with Crippen LogP contribution in [0.4, 0.5) is 4.79 Å². The van der Waals surface area contributed by atoms with Gasteiger partial charge in [0, 0.05) is 25.5 Å². The van der Waals surface area contributed by atoms with Crippen LogP contribution in [0.5, 0.6) is 5.75 Å². The predicted molar refractivity (Wildman–Crippen MR) is 80.3 cm³/mol. The third kappa shape index (κ3) is 5.18. The van der Waals surface area contributed by atoms with E-state index in [1.54, 1.807) is 6.20 Å². The highest BCUT2D eigenvalue weighted by atomic mass is 16.5. The molecule has 2 rings (SSSR count). The standard InChI is InChI=1S/C15H20N4O2/c1-13-16-7-10-19(13)11-8-17-15(20)18-9-12-21-14-5-3-2-4-6-14/h2-7,10H,8-9,11-12H2,1H3,(H2,17,18,20). The summed E-state index contributed by atoms with van der Waals surface area (Å²) in [4.78, 5) is 15.7. The van der Waals surface area contributed by atoms with Crippen molar-refractivity contribution < 1.29 is 9.53 Å². The molecule has 0 saturated heterocycles. The summed E-state index contributed by atoms with van der Waals surface area (Å²) in [5, 5.41) is 5.54. The van der Waals surface area contributed by atoms with Gasteiger partial charge in [-0.15, -0.1) is 0 Å². The van der Waals surface area contributed by atoms with Crippen LogP contribution in [0.1, 0.15) is 5.82 Å². The summed E-state index contributed by atoms with van der Waals surface area (Å²) in [6.45, 7) is 4.10. The number of nitrogens with zero attached hydrogens (tertiary/aromatic N) is 2. The van der Waals surface area contributed by atoms with Crippen LogP contribution in [-0.4, -0.2) is 35.3 Å². The maximum Gasteiger partial charge on any atom is 0.314 e. The number of benzene rings is 1. The van der Waals surface area contributed by atoms with Gasteiger partial charge in [0.2, 0.25) is 0 Å². The quantitative estimate of drug-likeness (QED) is 0.760. The van der Waals surface area contributed by atoms with E-state index in [9.17, 15) is 4.79 Å². The molecule has 0 spiro atoms. The highest BCUT2D eigenvalue weighted by Crippen LogP contribution is 2.07. The van der Waals surface area contributed by atoms with Crippen molar-refractivity contribution in [3.63, 3.8) is 0 Å². The molecular weight excluding hydrogens is 268 g/mol. The van der Waals surface area contributed by atoms with Crippen molar-refractivity contribution in [2.45, 2.75) is 13.5 Å².